The number of aliphatic hydroxyl groups is 1. The van der Waals surface area contributed by atoms with E-state index >= 15 is 0 Å². The molecule has 1 heteroatoms. The van der Waals surface area contributed by atoms with Crippen molar-refractivity contribution < 1.29 is 5.11 Å². The van der Waals surface area contributed by atoms with Gasteiger partial charge in [-0.05, 0) is 18.3 Å². The molecule has 0 radical (unpaired) electrons. The number of hydrogen-bond acceptors (Lipinski definition) is 1. The van der Waals surface area contributed by atoms with Crippen LogP contribution in [0.2, 0.25) is 0 Å². The van der Waals surface area contributed by atoms with Crippen LogP contribution in [0.15, 0.2) is 0 Å². The first-order valence-corrected chi connectivity index (χ1v) is 6.44. The van der Waals surface area contributed by atoms with E-state index in [1.807, 2.05) is 0 Å². The second-order valence-electron chi connectivity index (χ2n) is 4.90. The molecule has 15 heavy (non-hydrogen) atoms. The average Bonchev–Trinajstić information content (AvgIpc) is 2.27. The van der Waals surface area contributed by atoms with Crippen LogP contribution < -0.4 is 0 Å². The molecule has 1 fully saturated rings. The first kappa shape index (κ1) is 12.4. The molecule has 1 N–H and O–H groups in total. The summed E-state index contributed by atoms with van der Waals surface area (Å²) in [6.45, 7) is 4.41. The zero-order valence-electron chi connectivity index (χ0n) is 10.1. The van der Waals surface area contributed by atoms with E-state index < -0.39 is 0 Å². The van der Waals surface area contributed by atoms with Gasteiger partial charge in [0.05, 0.1) is 0 Å². The van der Waals surface area contributed by atoms with Crippen molar-refractivity contribution in [3.8, 4) is 12.0 Å². The van der Waals surface area contributed by atoms with E-state index in [0.29, 0.717) is 11.8 Å². The number of rotatable bonds is 4. The van der Waals surface area contributed by atoms with E-state index in [1.165, 1.54) is 44.9 Å². The molecule has 86 valence electrons. The summed E-state index contributed by atoms with van der Waals surface area (Å²) in [6.07, 6.45) is 11.5. The van der Waals surface area contributed by atoms with Gasteiger partial charge in [-0.15, -0.1) is 0 Å². The van der Waals surface area contributed by atoms with E-state index in [2.05, 4.69) is 25.9 Å². The van der Waals surface area contributed by atoms with Crippen molar-refractivity contribution in [3.05, 3.63) is 0 Å². The lowest BCUT2D eigenvalue weighted by Crippen LogP contribution is -2.23. The zero-order chi connectivity index (χ0) is 11.1. The van der Waals surface area contributed by atoms with Crippen molar-refractivity contribution in [2.45, 2.75) is 58.8 Å². The van der Waals surface area contributed by atoms with Crippen LogP contribution in [-0.4, -0.2) is 5.11 Å². The van der Waals surface area contributed by atoms with Crippen molar-refractivity contribution in [3.63, 3.8) is 0 Å². The predicted molar refractivity (Wildman–Crippen MR) is 63.8 cm³/mol. The fraction of sp³-hybridized carbons (Fsp3) is 0.857. The minimum Gasteiger partial charge on any atom is -0.462 e. The van der Waals surface area contributed by atoms with Gasteiger partial charge in [0.2, 0.25) is 0 Å². The predicted octanol–water partition coefficient (Wildman–Crippen LogP) is 3.95. The molecular formula is C14H24O. The largest absolute Gasteiger partial charge is 0.462 e. The van der Waals surface area contributed by atoms with Gasteiger partial charge in [-0.2, -0.15) is 0 Å². The molecule has 1 rings (SSSR count). The third kappa shape index (κ3) is 3.78. The van der Waals surface area contributed by atoms with Gasteiger partial charge in [-0.3, -0.25) is 0 Å². The van der Waals surface area contributed by atoms with Crippen LogP contribution in [0.25, 0.3) is 0 Å². The van der Waals surface area contributed by atoms with Crippen molar-refractivity contribution in [1.82, 2.24) is 0 Å². The normalized spacial score (nSPS) is 21.5. The molecule has 1 aliphatic rings. The average molecular weight is 208 g/mol. The van der Waals surface area contributed by atoms with E-state index in [0.717, 1.165) is 5.92 Å². The van der Waals surface area contributed by atoms with Gasteiger partial charge in [0.25, 0.3) is 0 Å². The molecule has 0 aromatic heterocycles. The summed E-state index contributed by atoms with van der Waals surface area (Å²) in [5, 5.41) is 8.69. The van der Waals surface area contributed by atoms with Crippen LogP contribution in [0, 0.1) is 29.8 Å². The summed E-state index contributed by atoms with van der Waals surface area (Å²) in [7, 11) is 0. The summed E-state index contributed by atoms with van der Waals surface area (Å²) < 4.78 is 0. The summed E-state index contributed by atoms with van der Waals surface area (Å²) in [5.41, 5.74) is 0. The standard InChI is InChI=1S/C14H24O/c1-3-7-14(12(2)10-11-15)13-8-5-4-6-9-13/h12-15H,3-9H2,1-2H3. The van der Waals surface area contributed by atoms with Crippen molar-refractivity contribution in [1.29, 1.82) is 0 Å². The molecule has 1 aliphatic carbocycles. The van der Waals surface area contributed by atoms with E-state index in [-0.39, 0.29) is 0 Å². The Morgan fingerprint density at radius 2 is 1.93 bits per heavy atom. The molecule has 0 aromatic carbocycles. The summed E-state index contributed by atoms with van der Waals surface area (Å²) in [6, 6.07) is 0. The molecule has 2 unspecified atom stereocenters. The molecule has 0 bridgehead atoms. The highest BCUT2D eigenvalue weighted by molar-refractivity contribution is 4.99. The highest BCUT2D eigenvalue weighted by Gasteiger charge is 2.26. The minimum atomic E-state index is 0.359. The number of aliphatic hydroxyl groups excluding tert-OH is 1. The lowest BCUT2D eigenvalue weighted by Gasteiger charge is -2.32. The Kier molecular flexibility index (Phi) is 5.61. The SMILES string of the molecule is CCCC(C(C)C#CO)C1CCCCC1. The second-order valence-corrected chi connectivity index (χ2v) is 4.90. The first-order valence-electron chi connectivity index (χ1n) is 6.44. The zero-order valence-corrected chi connectivity index (χ0v) is 10.1. The Labute approximate surface area is 94.3 Å². The van der Waals surface area contributed by atoms with Crippen LogP contribution in [-0.2, 0) is 0 Å². The van der Waals surface area contributed by atoms with Crippen molar-refractivity contribution in [2.24, 2.45) is 17.8 Å². The molecule has 0 aliphatic heterocycles. The molecule has 2 atom stereocenters. The van der Waals surface area contributed by atoms with Crippen LogP contribution in [0.5, 0.6) is 0 Å². The van der Waals surface area contributed by atoms with Gasteiger partial charge in [0.1, 0.15) is 6.11 Å². The van der Waals surface area contributed by atoms with Crippen molar-refractivity contribution >= 4 is 0 Å². The molecule has 0 spiro atoms. The van der Waals surface area contributed by atoms with Crippen LogP contribution >= 0.6 is 0 Å². The van der Waals surface area contributed by atoms with Gasteiger partial charge < -0.3 is 5.11 Å². The monoisotopic (exact) mass is 208 g/mol. The van der Waals surface area contributed by atoms with Crippen LogP contribution in [0.1, 0.15) is 58.8 Å². The van der Waals surface area contributed by atoms with E-state index in [9.17, 15) is 0 Å². The van der Waals surface area contributed by atoms with Crippen LogP contribution in [0.4, 0.5) is 0 Å². The maximum atomic E-state index is 8.69. The molecular weight excluding hydrogens is 184 g/mol. The first-order chi connectivity index (χ1) is 7.29. The topological polar surface area (TPSA) is 20.2 Å². The second kappa shape index (κ2) is 6.77. The summed E-state index contributed by atoms with van der Waals surface area (Å²) in [5.74, 6) is 4.85. The fourth-order valence-electron chi connectivity index (χ4n) is 3.00. The molecule has 0 amide bonds. The van der Waals surface area contributed by atoms with Crippen LogP contribution in [0.3, 0.4) is 0 Å². The fourth-order valence-corrected chi connectivity index (χ4v) is 3.00. The molecule has 0 aromatic rings. The molecule has 1 nitrogen and oxygen atoms in total. The maximum Gasteiger partial charge on any atom is 0.107 e. The smallest absolute Gasteiger partial charge is 0.107 e. The minimum absolute atomic E-state index is 0.359. The van der Waals surface area contributed by atoms with Gasteiger partial charge in [-0.25, -0.2) is 0 Å². The van der Waals surface area contributed by atoms with Crippen molar-refractivity contribution in [2.75, 3.05) is 0 Å². The third-order valence-electron chi connectivity index (χ3n) is 3.81. The lowest BCUT2D eigenvalue weighted by atomic mass is 9.73. The highest BCUT2D eigenvalue weighted by atomic mass is 16.2. The van der Waals surface area contributed by atoms with Gasteiger partial charge in [0, 0.05) is 5.92 Å². The van der Waals surface area contributed by atoms with Gasteiger partial charge >= 0.3 is 0 Å². The molecule has 0 heterocycles. The molecule has 0 saturated heterocycles. The van der Waals surface area contributed by atoms with E-state index in [1.54, 1.807) is 0 Å². The Morgan fingerprint density at radius 1 is 1.27 bits per heavy atom. The lowest BCUT2D eigenvalue weighted by molar-refractivity contribution is 0.200. The van der Waals surface area contributed by atoms with Gasteiger partial charge in [-0.1, -0.05) is 58.3 Å². The molecule has 1 saturated carbocycles. The quantitative estimate of drug-likeness (QED) is 0.693. The maximum absolute atomic E-state index is 8.69. The summed E-state index contributed by atoms with van der Waals surface area (Å²) >= 11 is 0. The Hall–Kier alpha value is -0.640. The van der Waals surface area contributed by atoms with E-state index in [4.69, 9.17) is 5.11 Å². The Bertz CT molecular complexity index is 217. The summed E-state index contributed by atoms with van der Waals surface area (Å²) in [4.78, 5) is 0. The third-order valence-corrected chi connectivity index (χ3v) is 3.81. The van der Waals surface area contributed by atoms with Gasteiger partial charge in [0.15, 0.2) is 0 Å². The number of hydrogen-bond donors (Lipinski definition) is 1. The Morgan fingerprint density at radius 3 is 2.47 bits per heavy atom. The highest BCUT2D eigenvalue weighted by Crippen LogP contribution is 2.36. The Balaban J connectivity index is 2.56.